The van der Waals surface area contributed by atoms with E-state index < -0.39 is 6.10 Å². The molecule has 3 rings (SSSR count). The smallest absolute Gasteiger partial charge is 0.141 e. The van der Waals surface area contributed by atoms with Crippen molar-refractivity contribution in [2.24, 2.45) is 7.05 Å². The molecule has 120 valence electrons. The fourth-order valence-electron chi connectivity index (χ4n) is 3.23. The van der Waals surface area contributed by atoms with Crippen LogP contribution in [0.5, 0.6) is 0 Å². The lowest BCUT2D eigenvalue weighted by Gasteiger charge is -2.25. The molecule has 1 aliphatic heterocycles. The van der Waals surface area contributed by atoms with Crippen molar-refractivity contribution in [2.75, 3.05) is 6.54 Å². The van der Waals surface area contributed by atoms with Gasteiger partial charge in [-0.15, -0.1) is 0 Å². The molecule has 7 heteroatoms. The molecule has 7 nitrogen and oxygen atoms in total. The van der Waals surface area contributed by atoms with Gasteiger partial charge >= 0.3 is 0 Å². The van der Waals surface area contributed by atoms with E-state index in [1.165, 1.54) is 6.42 Å². The zero-order valence-electron chi connectivity index (χ0n) is 13.3. The number of hydrogen-bond acceptors (Lipinski definition) is 5. The summed E-state index contributed by atoms with van der Waals surface area (Å²) in [5.74, 6) is 1.00. The van der Waals surface area contributed by atoms with Crippen molar-refractivity contribution >= 4 is 0 Å². The number of aromatic nitrogens is 5. The van der Waals surface area contributed by atoms with Crippen LogP contribution >= 0.6 is 0 Å². The molecule has 1 fully saturated rings. The third-order valence-electron chi connectivity index (χ3n) is 4.44. The summed E-state index contributed by atoms with van der Waals surface area (Å²) in [6, 6.07) is 0.386. The van der Waals surface area contributed by atoms with Gasteiger partial charge in [-0.3, -0.25) is 9.58 Å². The lowest BCUT2D eigenvalue weighted by Crippen LogP contribution is -2.31. The minimum atomic E-state index is -0.455. The average Bonchev–Trinajstić information content (AvgIpc) is 3.21. The van der Waals surface area contributed by atoms with E-state index in [1.54, 1.807) is 17.2 Å². The lowest BCUT2D eigenvalue weighted by molar-refractivity contribution is 0.116. The molecule has 0 bridgehead atoms. The molecule has 0 saturated carbocycles. The third kappa shape index (κ3) is 3.20. The summed E-state index contributed by atoms with van der Waals surface area (Å²) in [4.78, 5) is 6.77. The fourth-order valence-corrected chi connectivity index (χ4v) is 3.23. The first-order valence-electron chi connectivity index (χ1n) is 7.94. The zero-order valence-corrected chi connectivity index (χ0v) is 13.3. The van der Waals surface area contributed by atoms with E-state index in [2.05, 4.69) is 27.0 Å². The highest BCUT2D eigenvalue weighted by Gasteiger charge is 2.28. The van der Waals surface area contributed by atoms with Gasteiger partial charge in [0.15, 0.2) is 0 Å². The van der Waals surface area contributed by atoms with Crippen LogP contribution in [0.15, 0.2) is 18.7 Å². The molecular formula is C15H24N6O. The standard InChI is InChI=1S/C15H24N6O/c1-3-21-15(16-11-18-21)10-20-6-4-5-13(20)7-14(22)12-8-17-19(2)9-12/h8-9,11,13-14,22H,3-7,10H2,1-2H3/t13-,14-/m1/s1. The van der Waals surface area contributed by atoms with E-state index in [0.717, 1.165) is 43.9 Å². The highest BCUT2D eigenvalue weighted by molar-refractivity contribution is 5.08. The molecule has 2 aromatic heterocycles. The van der Waals surface area contributed by atoms with Crippen molar-refractivity contribution in [2.45, 2.75) is 51.4 Å². The maximum Gasteiger partial charge on any atom is 0.141 e. The van der Waals surface area contributed by atoms with E-state index in [0.29, 0.717) is 6.04 Å². The van der Waals surface area contributed by atoms with E-state index in [9.17, 15) is 5.11 Å². The van der Waals surface area contributed by atoms with Gasteiger partial charge in [0.2, 0.25) is 0 Å². The maximum atomic E-state index is 10.4. The Morgan fingerprint density at radius 1 is 1.41 bits per heavy atom. The highest BCUT2D eigenvalue weighted by Crippen LogP contribution is 2.28. The first-order valence-corrected chi connectivity index (χ1v) is 7.94. The minimum absolute atomic E-state index is 0.386. The lowest BCUT2D eigenvalue weighted by atomic mass is 10.0. The van der Waals surface area contributed by atoms with Crippen LogP contribution < -0.4 is 0 Å². The summed E-state index contributed by atoms with van der Waals surface area (Å²) in [6.07, 6.45) is 7.83. The third-order valence-corrected chi connectivity index (χ3v) is 4.44. The van der Waals surface area contributed by atoms with Crippen molar-refractivity contribution in [3.63, 3.8) is 0 Å². The summed E-state index contributed by atoms with van der Waals surface area (Å²) in [6.45, 7) is 4.78. The molecule has 2 aromatic rings. The number of aryl methyl sites for hydroxylation is 2. The molecule has 0 unspecified atom stereocenters. The molecule has 0 aliphatic carbocycles. The fraction of sp³-hybridized carbons (Fsp3) is 0.667. The van der Waals surface area contributed by atoms with Gasteiger partial charge in [0.25, 0.3) is 0 Å². The number of aliphatic hydroxyl groups is 1. The normalized spacial score (nSPS) is 20.6. The van der Waals surface area contributed by atoms with E-state index in [-0.39, 0.29) is 0 Å². The molecule has 1 aliphatic rings. The second-order valence-corrected chi connectivity index (χ2v) is 5.96. The Bertz CT molecular complexity index is 607. The first kappa shape index (κ1) is 15.2. The van der Waals surface area contributed by atoms with Crippen LogP contribution in [0, 0.1) is 0 Å². The van der Waals surface area contributed by atoms with Crippen LogP contribution in [0.2, 0.25) is 0 Å². The zero-order chi connectivity index (χ0) is 15.5. The van der Waals surface area contributed by atoms with Crippen LogP contribution in [0.4, 0.5) is 0 Å². The van der Waals surface area contributed by atoms with Gasteiger partial charge in [-0.2, -0.15) is 10.2 Å². The summed E-state index contributed by atoms with van der Waals surface area (Å²) in [7, 11) is 1.87. The van der Waals surface area contributed by atoms with E-state index in [4.69, 9.17) is 0 Å². The summed E-state index contributed by atoms with van der Waals surface area (Å²) in [5, 5.41) is 18.8. The number of nitrogens with zero attached hydrogens (tertiary/aromatic N) is 6. The molecular weight excluding hydrogens is 280 g/mol. The van der Waals surface area contributed by atoms with Gasteiger partial charge in [-0.05, 0) is 32.7 Å². The number of aliphatic hydroxyl groups excluding tert-OH is 1. The predicted octanol–water partition coefficient (Wildman–Crippen LogP) is 1.12. The second kappa shape index (κ2) is 6.58. The van der Waals surface area contributed by atoms with E-state index in [1.807, 2.05) is 17.9 Å². The van der Waals surface area contributed by atoms with E-state index >= 15 is 0 Å². The Hall–Kier alpha value is -1.73. The molecule has 0 aromatic carbocycles. The van der Waals surface area contributed by atoms with Crippen molar-refractivity contribution in [3.05, 3.63) is 30.1 Å². The Morgan fingerprint density at radius 2 is 2.27 bits per heavy atom. The van der Waals surface area contributed by atoms with Crippen LogP contribution in [-0.2, 0) is 20.1 Å². The Kier molecular flexibility index (Phi) is 4.54. The maximum absolute atomic E-state index is 10.4. The van der Waals surface area contributed by atoms with Gasteiger partial charge in [0.05, 0.1) is 18.8 Å². The van der Waals surface area contributed by atoms with Gasteiger partial charge < -0.3 is 5.11 Å². The monoisotopic (exact) mass is 304 g/mol. The Labute approximate surface area is 130 Å². The molecule has 0 amide bonds. The molecule has 22 heavy (non-hydrogen) atoms. The molecule has 0 spiro atoms. The largest absolute Gasteiger partial charge is 0.388 e. The van der Waals surface area contributed by atoms with Crippen molar-refractivity contribution in [1.82, 2.24) is 29.4 Å². The first-order chi connectivity index (χ1) is 10.7. The highest BCUT2D eigenvalue weighted by atomic mass is 16.3. The predicted molar refractivity (Wildman–Crippen MR) is 81.9 cm³/mol. The van der Waals surface area contributed by atoms with Crippen LogP contribution in [0.3, 0.4) is 0 Å². The number of rotatable bonds is 6. The Morgan fingerprint density at radius 3 is 3.00 bits per heavy atom. The molecule has 2 atom stereocenters. The molecule has 0 radical (unpaired) electrons. The molecule has 3 heterocycles. The molecule has 1 saturated heterocycles. The van der Waals surface area contributed by atoms with Gasteiger partial charge in [-0.1, -0.05) is 0 Å². The second-order valence-electron chi connectivity index (χ2n) is 5.96. The summed E-state index contributed by atoms with van der Waals surface area (Å²) < 4.78 is 3.67. The molecule has 1 N–H and O–H groups in total. The van der Waals surface area contributed by atoms with Crippen LogP contribution in [0.25, 0.3) is 0 Å². The summed E-state index contributed by atoms with van der Waals surface area (Å²) >= 11 is 0. The van der Waals surface area contributed by atoms with Gasteiger partial charge in [-0.25, -0.2) is 9.67 Å². The van der Waals surface area contributed by atoms with Crippen LogP contribution in [0.1, 0.15) is 43.7 Å². The van der Waals surface area contributed by atoms with Crippen molar-refractivity contribution in [1.29, 1.82) is 0 Å². The quantitative estimate of drug-likeness (QED) is 0.866. The SMILES string of the molecule is CCn1ncnc1CN1CCC[C@@H]1C[C@@H](O)c1cnn(C)c1. The minimum Gasteiger partial charge on any atom is -0.388 e. The Balaban J connectivity index is 1.63. The number of hydrogen-bond donors (Lipinski definition) is 1. The topological polar surface area (TPSA) is 72.0 Å². The number of likely N-dealkylation sites (tertiary alicyclic amines) is 1. The summed E-state index contributed by atoms with van der Waals surface area (Å²) in [5.41, 5.74) is 0.895. The van der Waals surface area contributed by atoms with Crippen molar-refractivity contribution < 1.29 is 5.11 Å². The van der Waals surface area contributed by atoms with Gasteiger partial charge in [0, 0.05) is 31.4 Å². The van der Waals surface area contributed by atoms with Gasteiger partial charge in [0.1, 0.15) is 12.2 Å². The van der Waals surface area contributed by atoms with Crippen LogP contribution in [-0.4, -0.2) is 47.1 Å². The average molecular weight is 304 g/mol. The van der Waals surface area contributed by atoms with Crippen molar-refractivity contribution in [3.8, 4) is 0 Å².